The van der Waals surface area contributed by atoms with Crippen molar-refractivity contribution in [2.24, 2.45) is 0 Å². The maximum Gasteiger partial charge on any atom is 0.125 e. The summed E-state index contributed by atoms with van der Waals surface area (Å²) in [6.45, 7) is 4.16. The molecule has 0 radical (unpaired) electrons. The van der Waals surface area contributed by atoms with E-state index >= 15 is 0 Å². The second-order valence-electron chi connectivity index (χ2n) is 4.51. The molecule has 0 bridgehead atoms. The van der Waals surface area contributed by atoms with Crippen molar-refractivity contribution in [2.45, 2.75) is 19.9 Å². The van der Waals surface area contributed by atoms with Gasteiger partial charge in [0.25, 0.3) is 0 Å². The van der Waals surface area contributed by atoms with E-state index in [1.54, 1.807) is 11.3 Å². The number of pyridine rings is 1. The molecule has 0 amide bonds. The zero-order chi connectivity index (χ0) is 11.3. The molecular formula is C12H15N3S. The van der Waals surface area contributed by atoms with Gasteiger partial charge in [-0.25, -0.2) is 4.98 Å². The zero-order valence-electron chi connectivity index (χ0n) is 9.58. The third-order valence-corrected chi connectivity index (χ3v) is 4.28. The number of nitrogens with two attached hydrogens (primary N) is 1. The van der Waals surface area contributed by atoms with E-state index in [-0.39, 0.29) is 0 Å². The van der Waals surface area contributed by atoms with E-state index in [1.165, 1.54) is 16.1 Å². The summed E-state index contributed by atoms with van der Waals surface area (Å²) in [5.41, 5.74) is 9.56. The Kier molecular flexibility index (Phi) is 2.16. The second kappa shape index (κ2) is 3.43. The summed E-state index contributed by atoms with van der Waals surface area (Å²) in [5.74, 6) is 0. The van der Waals surface area contributed by atoms with Crippen LogP contribution in [0.5, 0.6) is 0 Å². The molecule has 0 aromatic carbocycles. The topological polar surface area (TPSA) is 42.1 Å². The monoisotopic (exact) mass is 233 g/mol. The molecule has 3 nitrogen and oxygen atoms in total. The van der Waals surface area contributed by atoms with Crippen molar-refractivity contribution in [3.8, 4) is 0 Å². The van der Waals surface area contributed by atoms with Crippen molar-refractivity contribution < 1.29 is 0 Å². The van der Waals surface area contributed by atoms with Gasteiger partial charge in [0.15, 0.2) is 0 Å². The van der Waals surface area contributed by atoms with Crippen LogP contribution in [0.2, 0.25) is 0 Å². The number of nitrogens with zero attached hydrogens (tertiary/aromatic N) is 2. The predicted molar refractivity (Wildman–Crippen MR) is 68.8 cm³/mol. The minimum Gasteiger partial charge on any atom is -0.397 e. The van der Waals surface area contributed by atoms with Crippen LogP contribution in [0.25, 0.3) is 10.2 Å². The van der Waals surface area contributed by atoms with Gasteiger partial charge in [0.1, 0.15) is 4.83 Å². The first-order valence-corrected chi connectivity index (χ1v) is 6.32. The van der Waals surface area contributed by atoms with Crippen LogP contribution in [-0.2, 0) is 13.0 Å². The fourth-order valence-corrected chi connectivity index (χ4v) is 3.20. The van der Waals surface area contributed by atoms with Crippen LogP contribution in [0, 0.1) is 6.92 Å². The number of nitrogen functional groups attached to an aromatic ring is 1. The Morgan fingerprint density at radius 1 is 1.50 bits per heavy atom. The molecule has 0 aliphatic carbocycles. The summed E-state index contributed by atoms with van der Waals surface area (Å²) in [4.78, 5) is 9.34. The first-order chi connectivity index (χ1) is 7.65. The highest BCUT2D eigenvalue weighted by molar-refractivity contribution is 7.19. The van der Waals surface area contributed by atoms with E-state index < -0.39 is 0 Å². The maximum atomic E-state index is 6.06. The number of likely N-dealkylation sites (N-methyl/N-ethyl adjacent to an activating group) is 1. The van der Waals surface area contributed by atoms with Gasteiger partial charge in [-0.05, 0) is 25.6 Å². The number of hydrogen-bond donors (Lipinski definition) is 1. The predicted octanol–water partition coefficient (Wildman–Crippen LogP) is 2.17. The fourth-order valence-electron chi connectivity index (χ4n) is 2.25. The number of fused-ring (bicyclic) bond motifs is 2. The summed E-state index contributed by atoms with van der Waals surface area (Å²) in [7, 11) is 2.15. The van der Waals surface area contributed by atoms with Crippen LogP contribution < -0.4 is 5.73 Å². The van der Waals surface area contributed by atoms with E-state index in [0.717, 1.165) is 35.4 Å². The van der Waals surface area contributed by atoms with Crippen molar-refractivity contribution in [3.63, 3.8) is 0 Å². The minimum atomic E-state index is 0.906. The molecule has 2 aromatic rings. The highest BCUT2D eigenvalue weighted by Crippen LogP contribution is 2.33. The third kappa shape index (κ3) is 1.41. The summed E-state index contributed by atoms with van der Waals surface area (Å²) < 4.78 is 0. The number of hydrogen-bond acceptors (Lipinski definition) is 4. The third-order valence-electron chi connectivity index (χ3n) is 3.25. The van der Waals surface area contributed by atoms with Crippen molar-refractivity contribution >= 4 is 27.2 Å². The van der Waals surface area contributed by atoms with Gasteiger partial charge in [0, 0.05) is 35.5 Å². The largest absolute Gasteiger partial charge is 0.397 e. The Hall–Kier alpha value is -1.13. The molecular weight excluding hydrogens is 218 g/mol. The fraction of sp³-hybridized carbons (Fsp3) is 0.417. The van der Waals surface area contributed by atoms with Gasteiger partial charge in [-0.1, -0.05) is 0 Å². The second-order valence-corrected chi connectivity index (χ2v) is 5.71. The van der Waals surface area contributed by atoms with Crippen molar-refractivity contribution in [3.05, 3.63) is 22.2 Å². The molecule has 4 heteroatoms. The molecule has 2 N–H and O–H groups in total. The Bertz CT molecular complexity index is 559. The van der Waals surface area contributed by atoms with Crippen molar-refractivity contribution in [1.29, 1.82) is 0 Å². The summed E-state index contributed by atoms with van der Waals surface area (Å²) in [5, 5.41) is 1.14. The number of aryl methyl sites for hydroxylation is 1. The molecule has 0 fully saturated rings. The minimum absolute atomic E-state index is 0.906. The molecule has 1 aliphatic rings. The van der Waals surface area contributed by atoms with E-state index in [1.807, 2.05) is 0 Å². The lowest BCUT2D eigenvalue weighted by Gasteiger charge is -2.24. The van der Waals surface area contributed by atoms with Crippen molar-refractivity contribution in [1.82, 2.24) is 9.88 Å². The molecule has 0 atom stereocenters. The van der Waals surface area contributed by atoms with Gasteiger partial charge in [-0.2, -0.15) is 0 Å². The molecule has 0 saturated carbocycles. The van der Waals surface area contributed by atoms with Gasteiger partial charge in [0.2, 0.25) is 0 Å². The van der Waals surface area contributed by atoms with Gasteiger partial charge in [-0.15, -0.1) is 11.3 Å². The Labute approximate surface area is 98.9 Å². The van der Waals surface area contributed by atoms with Crippen LogP contribution in [0.3, 0.4) is 0 Å². The summed E-state index contributed by atoms with van der Waals surface area (Å²) >= 11 is 1.70. The smallest absolute Gasteiger partial charge is 0.125 e. The molecule has 0 saturated heterocycles. The average molecular weight is 233 g/mol. The Balaban J connectivity index is 2.23. The standard InChI is InChI=1S/C12H15N3S/c1-7-11(13)9-5-8-6-15(2)4-3-10(8)14-12(9)16-7/h5H,3-4,6,13H2,1-2H3. The highest BCUT2D eigenvalue weighted by atomic mass is 32.1. The number of aromatic nitrogens is 1. The number of anilines is 1. The summed E-state index contributed by atoms with van der Waals surface area (Å²) in [6, 6.07) is 2.23. The first-order valence-electron chi connectivity index (χ1n) is 5.51. The van der Waals surface area contributed by atoms with Crippen LogP contribution in [0.4, 0.5) is 5.69 Å². The molecule has 1 aliphatic heterocycles. The molecule has 84 valence electrons. The SMILES string of the molecule is Cc1sc2nc3c(cc2c1N)CN(C)CC3. The Morgan fingerprint density at radius 3 is 3.12 bits per heavy atom. The lowest BCUT2D eigenvalue weighted by Crippen LogP contribution is -2.27. The lowest BCUT2D eigenvalue weighted by molar-refractivity contribution is 0.310. The summed E-state index contributed by atoms with van der Waals surface area (Å²) in [6.07, 6.45) is 1.05. The van der Waals surface area contributed by atoms with E-state index in [9.17, 15) is 0 Å². The molecule has 16 heavy (non-hydrogen) atoms. The first kappa shape index (κ1) is 10.1. The molecule has 0 unspecified atom stereocenters. The van der Waals surface area contributed by atoms with Gasteiger partial charge in [0.05, 0.1) is 5.69 Å². The zero-order valence-corrected chi connectivity index (χ0v) is 10.4. The van der Waals surface area contributed by atoms with E-state index in [2.05, 4.69) is 24.9 Å². The van der Waals surface area contributed by atoms with Crippen LogP contribution in [0.15, 0.2) is 6.07 Å². The van der Waals surface area contributed by atoms with Gasteiger partial charge >= 0.3 is 0 Å². The number of thiophene rings is 1. The maximum absolute atomic E-state index is 6.06. The molecule has 0 spiro atoms. The van der Waals surface area contributed by atoms with Gasteiger partial charge < -0.3 is 10.6 Å². The van der Waals surface area contributed by atoms with Crippen LogP contribution in [-0.4, -0.2) is 23.5 Å². The molecule has 3 rings (SSSR count). The van der Waals surface area contributed by atoms with E-state index in [0.29, 0.717) is 0 Å². The normalized spacial score (nSPS) is 16.6. The van der Waals surface area contributed by atoms with Gasteiger partial charge in [-0.3, -0.25) is 0 Å². The van der Waals surface area contributed by atoms with Crippen LogP contribution >= 0.6 is 11.3 Å². The Morgan fingerprint density at radius 2 is 2.31 bits per heavy atom. The quantitative estimate of drug-likeness (QED) is 0.758. The number of rotatable bonds is 0. The highest BCUT2D eigenvalue weighted by Gasteiger charge is 2.17. The van der Waals surface area contributed by atoms with E-state index in [4.69, 9.17) is 10.7 Å². The molecule has 3 heterocycles. The average Bonchev–Trinajstić information content (AvgIpc) is 2.52. The molecule has 2 aromatic heterocycles. The lowest BCUT2D eigenvalue weighted by atomic mass is 10.0. The van der Waals surface area contributed by atoms with Crippen molar-refractivity contribution in [2.75, 3.05) is 19.3 Å². The van der Waals surface area contributed by atoms with Crippen LogP contribution in [0.1, 0.15) is 16.1 Å².